The Kier molecular flexibility index (Phi) is 7.74. The molecule has 34 heavy (non-hydrogen) atoms. The molecule has 4 rings (SSSR count). The second-order valence-corrected chi connectivity index (χ2v) is 8.97. The van der Waals surface area contributed by atoms with E-state index in [0.29, 0.717) is 31.1 Å². The van der Waals surface area contributed by atoms with Crippen LogP contribution in [-0.2, 0) is 4.79 Å². The summed E-state index contributed by atoms with van der Waals surface area (Å²) in [6.07, 6.45) is 0.829. The van der Waals surface area contributed by atoms with Gasteiger partial charge in [0, 0.05) is 38.3 Å². The predicted molar refractivity (Wildman–Crippen MR) is 133 cm³/mol. The molecule has 0 atom stereocenters. The van der Waals surface area contributed by atoms with E-state index in [-0.39, 0.29) is 18.4 Å². The zero-order valence-electron chi connectivity index (χ0n) is 19.5. The van der Waals surface area contributed by atoms with Gasteiger partial charge in [0.2, 0.25) is 5.91 Å². The first kappa shape index (κ1) is 23.7. The van der Waals surface area contributed by atoms with Crippen LogP contribution in [0.3, 0.4) is 0 Å². The molecule has 2 aromatic heterocycles. The van der Waals surface area contributed by atoms with E-state index in [4.69, 9.17) is 4.74 Å². The molecule has 0 unspecified atom stereocenters. The number of aromatic nitrogens is 2. The van der Waals surface area contributed by atoms with Crippen LogP contribution in [0.25, 0.3) is 11.3 Å². The Bertz CT molecular complexity index is 1100. The van der Waals surface area contributed by atoms with Crippen molar-refractivity contribution in [3.05, 3.63) is 58.8 Å². The maximum atomic E-state index is 13.0. The fourth-order valence-electron chi connectivity index (χ4n) is 3.97. The summed E-state index contributed by atoms with van der Waals surface area (Å²) in [5.41, 5.74) is 1.73. The summed E-state index contributed by atoms with van der Waals surface area (Å²) < 4.78 is 5.29. The van der Waals surface area contributed by atoms with Crippen LogP contribution in [0.2, 0.25) is 0 Å². The van der Waals surface area contributed by atoms with E-state index in [0.717, 1.165) is 35.8 Å². The van der Waals surface area contributed by atoms with Gasteiger partial charge in [-0.15, -0.1) is 21.5 Å². The summed E-state index contributed by atoms with van der Waals surface area (Å²) in [4.78, 5) is 31.9. The van der Waals surface area contributed by atoms with Crippen LogP contribution in [-0.4, -0.2) is 78.2 Å². The average molecular weight is 480 g/mol. The minimum Gasteiger partial charge on any atom is -0.497 e. The van der Waals surface area contributed by atoms with E-state index >= 15 is 0 Å². The van der Waals surface area contributed by atoms with Crippen LogP contribution in [0.4, 0.5) is 5.82 Å². The second kappa shape index (κ2) is 11.1. The second-order valence-electron chi connectivity index (χ2n) is 8.03. The van der Waals surface area contributed by atoms with Crippen molar-refractivity contribution < 1.29 is 14.3 Å². The number of benzene rings is 1. The topological polar surface area (TPSA) is 78.9 Å². The van der Waals surface area contributed by atoms with Crippen molar-refractivity contribution in [2.75, 3.05) is 51.3 Å². The fraction of sp³-hybridized carbons (Fsp3) is 0.360. The SMILES string of the molecule is CCN(CC(=O)N1CCCN(c2ccc(-c3cccc(OC)c3)nn2)CC1)C(=O)c1cccs1. The van der Waals surface area contributed by atoms with Gasteiger partial charge in [0.15, 0.2) is 5.82 Å². The van der Waals surface area contributed by atoms with Gasteiger partial charge in [0.1, 0.15) is 12.3 Å². The summed E-state index contributed by atoms with van der Waals surface area (Å²) >= 11 is 1.40. The van der Waals surface area contributed by atoms with Crippen molar-refractivity contribution in [2.24, 2.45) is 0 Å². The number of methoxy groups -OCH3 is 1. The lowest BCUT2D eigenvalue weighted by atomic mass is 10.1. The third kappa shape index (κ3) is 5.53. The predicted octanol–water partition coefficient (Wildman–Crippen LogP) is 3.41. The number of nitrogens with zero attached hydrogens (tertiary/aromatic N) is 5. The number of anilines is 1. The van der Waals surface area contributed by atoms with Gasteiger partial charge in [-0.25, -0.2) is 0 Å². The molecule has 1 aliphatic rings. The Labute approximate surface area is 203 Å². The van der Waals surface area contributed by atoms with Gasteiger partial charge in [0.25, 0.3) is 5.91 Å². The summed E-state index contributed by atoms with van der Waals surface area (Å²) in [7, 11) is 1.64. The van der Waals surface area contributed by atoms with Crippen LogP contribution in [0, 0.1) is 0 Å². The maximum Gasteiger partial charge on any atom is 0.264 e. The fourth-order valence-corrected chi connectivity index (χ4v) is 4.66. The Morgan fingerprint density at radius 3 is 2.65 bits per heavy atom. The zero-order valence-corrected chi connectivity index (χ0v) is 20.3. The molecule has 9 heteroatoms. The molecule has 3 aromatic rings. The standard InChI is InChI=1S/C25H29N5O3S/c1-3-28(25(32)22-9-5-16-34-22)18-24(31)30-13-6-12-29(14-15-30)23-11-10-21(26-27-23)19-7-4-8-20(17-19)33-2/h4-5,7-11,16-17H,3,6,12-15,18H2,1-2H3. The lowest BCUT2D eigenvalue weighted by molar-refractivity contribution is -0.131. The van der Waals surface area contributed by atoms with Crippen molar-refractivity contribution in [1.29, 1.82) is 0 Å². The molecule has 0 aliphatic carbocycles. The van der Waals surface area contributed by atoms with Crippen LogP contribution >= 0.6 is 11.3 Å². The third-order valence-electron chi connectivity index (χ3n) is 5.92. The Morgan fingerprint density at radius 1 is 1.06 bits per heavy atom. The number of carbonyl (C=O) groups is 2. The number of hydrogen-bond donors (Lipinski definition) is 0. The highest BCUT2D eigenvalue weighted by atomic mass is 32.1. The van der Waals surface area contributed by atoms with Crippen LogP contribution in [0.5, 0.6) is 5.75 Å². The molecule has 2 amide bonds. The molecule has 0 radical (unpaired) electrons. The number of rotatable bonds is 7. The molecule has 8 nitrogen and oxygen atoms in total. The Morgan fingerprint density at radius 2 is 1.94 bits per heavy atom. The van der Waals surface area contributed by atoms with Gasteiger partial charge in [-0.05, 0) is 49.1 Å². The summed E-state index contributed by atoms with van der Waals surface area (Å²) in [6.45, 7) is 5.21. The van der Waals surface area contributed by atoms with E-state index in [9.17, 15) is 9.59 Å². The van der Waals surface area contributed by atoms with Gasteiger partial charge in [-0.2, -0.15) is 0 Å². The monoisotopic (exact) mass is 479 g/mol. The normalized spacial score (nSPS) is 13.9. The molecule has 1 saturated heterocycles. The lowest BCUT2D eigenvalue weighted by Crippen LogP contribution is -2.44. The zero-order chi connectivity index (χ0) is 23.9. The van der Waals surface area contributed by atoms with Crippen molar-refractivity contribution in [1.82, 2.24) is 20.0 Å². The minimum absolute atomic E-state index is 0.0203. The number of ether oxygens (including phenoxy) is 1. The van der Waals surface area contributed by atoms with Gasteiger partial charge in [0.05, 0.1) is 17.7 Å². The number of amides is 2. The molecule has 0 bridgehead atoms. The third-order valence-corrected chi connectivity index (χ3v) is 6.77. The van der Waals surface area contributed by atoms with Gasteiger partial charge in [-0.3, -0.25) is 9.59 Å². The van der Waals surface area contributed by atoms with Gasteiger partial charge in [-0.1, -0.05) is 18.2 Å². The first-order valence-electron chi connectivity index (χ1n) is 11.4. The molecule has 0 saturated carbocycles. The average Bonchev–Trinajstić information content (AvgIpc) is 3.31. The lowest BCUT2D eigenvalue weighted by Gasteiger charge is -2.26. The van der Waals surface area contributed by atoms with E-state index in [1.54, 1.807) is 18.1 Å². The van der Waals surface area contributed by atoms with Crippen LogP contribution in [0.1, 0.15) is 23.0 Å². The number of carbonyl (C=O) groups excluding carboxylic acids is 2. The first-order chi connectivity index (χ1) is 16.6. The van der Waals surface area contributed by atoms with Crippen LogP contribution < -0.4 is 9.64 Å². The van der Waals surface area contributed by atoms with Gasteiger partial charge >= 0.3 is 0 Å². The summed E-state index contributed by atoms with van der Waals surface area (Å²) in [6, 6.07) is 15.3. The summed E-state index contributed by atoms with van der Waals surface area (Å²) in [5, 5.41) is 10.7. The molecule has 0 spiro atoms. The van der Waals surface area contributed by atoms with Crippen molar-refractivity contribution in [3.8, 4) is 17.0 Å². The molecular weight excluding hydrogens is 450 g/mol. The van der Waals surface area contributed by atoms with E-state index < -0.39 is 0 Å². The first-order valence-corrected chi connectivity index (χ1v) is 12.3. The highest BCUT2D eigenvalue weighted by Gasteiger charge is 2.24. The van der Waals surface area contributed by atoms with Crippen molar-refractivity contribution in [2.45, 2.75) is 13.3 Å². The van der Waals surface area contributed by atoms with E-state index in [1.807, 2.05) is 59.7 Å². The number of likely N-dealkylation sites (N-methyl/N-ethyl adjacent to an activating group) is 1. The van der Waals surface area contributed by atoms with Crippen molar-refractivity contribution >= 4 is 29.0 Å². The Balaban J connectivity index is 1.36. The van der Waals surface area contributed by atoms with Crippen molar-refractivity contribution in [3.63, 3.8) is 0 Å². The molecule has 0 N–H and O–H groups in total. The number of thiophene rings is 1. The van der Waals surface area contributed by atoms with E-state index in [2.05, 4.69) is 15.1 Å². The quantitative estimate of drug-likeness (QED) is 0.517. The summed E-state index contributed by atoms with van der Waals surface area (Å²) in [5.74, 6) is 1.46. The minimum atomic E-state index is -0.0892. The smallest absolute Gasteiger partial charge is 0.264 e. The van der Waals surface area contributed by atoms with Crippen LogP contribution in [0.15, 0.2) is 53.9 Å². The molecule has 1 fully saturated rings. The maximum absolute atomic E-state index is 13.0. The molecule has 3 heterocycles. The number of hydrogen-bond acceptors (Lipinski definition) is 7. The van der Waals surface area contributed by atoms with Gasteiger partial charge < -0.3 is 19.4 Å². The molecule has 1 aromatic carbocycles. The molecule has 1 aliphatic heterocycles. The highest BCUT2D eigenvalue weighted by molar-refractivity contribution is 7.12. The largest absolute Gasteiger partial charge is 0.497 e. The molecule has 178 valence electrons. The Hall–Kier alpha value is -3.46. The van der Waals surface area contributed by atoms with E-state index in [1.165, 1.54) is 11.3 Å². The molecular formula is C25H29N5O3S. The highest BCUT2D eigenvalue weighted by Crippen LogP contribution is 2.23.